The third-order valence-corrected chi connectivity index (χ3v) is 1.87. The van der Waals surface area contributed by atoms with Crippen molar-refractivity contribution in [3.8, 4) is 0 Å². The second-order valence-electron chi connectivity index (χ2n) is 3.12. The predicted molar refractivity (Wildman–Crippen MR) is 58.3 cm³/mol. The van der Waals surface area contributed by atoms with E-state index < -0.39 is 0 Å². The Kier molecular flexibility index (Phi) is 3.29. The maximum atomic E-state index is 11.2. The van der Waals surface area contributed by atoms with E-state index in [0.29, 0.717) is 0 Å². The smallest absolute Gasteiger partial charge is 0.315 e. The van der Waals surface area contributed by atoms with Crippen LogP contribution < -0.4 is 10.6 Å². The van der Waals surface area contributed by atoms with Crippen molar-refractivity contribution in [2.75, 3.05) is 5.32 Å². The minimum atomic E-state index is -0.270. The first-order valence-electron chi connectivity index (χ1n) is 4.39. The summed E-state index contributed by atoms with van der Waals surface area (Å²) < 4.78 is 0. The highest BCUT2D eigenvalue weighted by Crippen LogP contribution is 2.15. The van der Waals surface area contributed by atoms with Gasteiger partial charge in [-0.15, -0.1) is 0 Å². The first-order chi connectivity index (χ1) is 6.63. The summed E-state index contributed by atoms with van der Waals surface area (Å²) in [7, 11) is 0. The van der Waals surface area contributed by atoms with Gasteiger partial charge in [-0.3, -0.25) is 0 Å². The van der Waals surface area contributed by atoms with Crippen LogP contribution in [0.3, 0.4) is 0 Å². The number of aryl methyl sites for hydroxylation is 2. The molecule has 0 aliphatic carbocycles. The van der Waals surface area contributed by atoms with Crippen LogP contribution in [0.2, 0.25) is 0 Å². The van der Waals surface area contributed by atoms with Gasteiger partial charge in [0.15, 0.2) is 0 Å². The molecule has 0 unspecified atom stereocenters. The maximum absolute atomic E-state index is 11.2. The van der Waals surface area contributed by atoms with E-state index in [1.807, 2.05) is 32.0 Å². The molecule has 0 radical (unpaired) electrons. The number of urea groups is 1. The van der Waals surface area contributed by atoms with E-state index in [0.717, 1.165) is 16.8 Å². The van der Waals surface area contributed by atoms with Crippen LogP contribution in [0.4, 0.5) is 10.5 Å². The second-order valence-corrected chi connectivity index (χ2v) is 3.12. The van der Waals surface area contributed by atoms with Gasteiger partial charge >= 0.3 is 6.03 Å². The van der Waals surface area contributed by atoms with Gasteiger partial charge in [-0.2, -0.15) is 0 Å². The highest BCUT2D eigenvalue weighted by atomic mass is 16.2. The summed E-state index contributed by atoms with van der Waals surface area (Å²) in [6.07, 6.45) is 1.35. The van der Waals surface area contributed by atoms with Crippen molar-refractivity contribution in [1.82, 2.24) is 5.32 Å². The molecule has 0 saturated heterocycles. The molecule has 2 amide bonds. The number of amides is 2. The topological polar surface area (TPSA) is 41.1 Å². The molecule has 74 valence electrons. The molecule has 0 fully saturated rings. The molecule has 0 spiro atoms. The number of rotatable bonds is 2. The van der Waals surface area contributed by atoms with E-state index in [4.69, 9.17) is 0 Å². The van der Waals surface area contributed by atoms with E-state index in [9.17, 15) is 4.79 Å². The number of hydrogen-bond donors (Lipinski definition) is 2. The lowest BCUT2D eigenvalue weighted by Crippen LogP contribution is -2.23. The second kappa shape index (κ2) is 4.46. The van der Waals surface area contributed by atoms with Crippen LogP contribution >= 0.6 is 0 Å². The summed E-state index contributed by atoms with van der Waals surface area (Å²) in [5, 5.41) is 5.19. The van der Waals surface area contributed by atoms with E-state index in [-0.39, 0.29) is 6.03 Å². The summed E-state index contributed by atoms with van der Waals surface area (Å²) in [6, 6.07) is 5.64. The minimum absolute atomic E-state index is 0.270. The van der Waals surface area contributed by atoms with Crippen molar-refractivity contribution >= 4 is 11.7 Å². The molecule has 0 heterocycles. The standard InChI is InChI=1S/C11H14N2O/c1-4-12-11(14)13-10-7-8(2)5-6-9(10)3/h4-7H,1H2,2-3H3,(H2,12,13,14). The molecule has 1 aromatic rings. The lowest BCUT2D eigenvalue weighted by Gasteiger charge is -2.08. The summed E-state index contributed by atoms with van der Waals surface area (Å²) in [4.78, 5) is 11.2. The van der Waals surface area contributed by atoms with E-state index in [2.05, 4.69) is 17.2 Å². The van der Waals surface area contributed by atoms with Crippen LogP contribution in [0.15, 0.2) is 31.0 Å². The first kappa shape index (κ1) is 10.3. The molecule has 0 aliphatic rings. The largest absolute Gasteiger partial charge is 0.323 e. The lowest BCUT2D eigenvalue weighted by molar-refractivity contribution is 0.255. The van der Waals surface area contributed by atoms with Crippen molar-refractivity contribution in [3.63, 3.8) is 0 Å². The molecular weight excluding hydrogens is 176 g/mol. The highest BCUT2D eigenvalue weighted by molar-refractivity contribution is 5.90. The Morgan fingerprint density at radius 2 is 2.14 bits per heavy atom. The van der Waals surface area contributed by atoms with Gasteiger partial charge in [-0.1, -0.05) is 18.7 Å². The average Bonchev–Trinajstić information content (AvgIpc) is 2.12. The SMILES string of the molecule is C=CNC(=O)Nc1cc(C)ccc1C. The highest BCUT2D eigenvalue weighted by Gasteiger charge is 2.01. The Morgan fingerprint density at radius 3 is 2.79 bits per heavy atom. The van der Waals surface area contributed by atoms with Gasteiger partial charge in [0.05, 0.1) is 0 Å². The van der Waals surface area contributed by atoms with Crippen molar-refractivity contribution in [3.05, 3.63) is 42.1 Å². The van der Waals surface area contributed by atoms with E-state index in [1.165, 1.54) is 6.20 Å². The first-order valence-corrected chi connectivity index (χ1v) is 4.39. The Labute approximate surface area is 83.8 Å². The van der Waals surface area contributed by atoms with Gasteiger partial charge in [-0.05, 0) is 37.2 Å². The molecule has 3 nitrogen and oxygen atoms in total. The van der Waals surface area contributed by atoms with Gasteiger partial charge in [-0.25, -0.2) is 4.79 Å². The Balaban J connectivity index is 2.80. The number of carbonyl (C=O) groups is 1. The molecule has 3 heteroatoms. The zero-order chi connectivity index (χ0) is 10.6. The van der Waals surface area contributed by atoms with Crippen LogP contribution in [-0.4, -0.2) is 6.03 Å². The van der Waals surface area contributed by atoms with Crippen LogP contribution in [0.1, 0.15) is 11.1 Å². The van der Waals surface area contributed by atoms with Crippen LogP contribution in [-0.2, 0) is 0 Å². The number of nitrogens with one attached hydrogen (secondary N) is 2. The third kappa shape index (κ3) is 2.62. The molecule has 0 saturated carbocycles. The molecule has 0 aliphatic heterocycles. The van der Waals surface area contributed by atoms with Crippen molar-refractivity contribution < 1.29 is 4.79 Å². The van der Waals surface area contributed by atoms with E-state index in [1.54, 1.807) is 0 Å². The molecule has 14 heavy (non-hydrogen) atoms. The zero-order valence-corrected chi connectivity index (χ0v) is 8.42. The minimum Gasteiger partial charge on any atom is -0.315 e. The molecule has 0 bridgehead atoms. The molecule has 1 rings (SSSR count). The molecule has 1 aromatic carbocycles. The van der Waals surface area contributed by atoms with Crippen molar-refractivity contribution in [1.29, 1.82) is 0 Å². The summed E-state index contributed by atoms with van der Waals surface area (Å²) >= 11 is 0. The Bertz CT molecular complexity index is 358. The molecule has 0 atom stereocenters. The van der Waals surface area contributed by atoms with Crippen molar-refractivity contribution in [2.45, 2.75) is 13.8 Å². The normalized spacial score (nSPS) is 9.29. The monoisotopic (exact) mass is 190 g/mol. The lowest BCUT2D eigenvalue weighted by atomic mass is 10.1. The van der Waals surface area contributed by atoms with Gasteiger partial charge in [0, 0.05) is 5.69 Å². The van der Waals surface area contributed by atoms with E-state index >= 15 is 0 Å². The van der Waals surface area contributed by atoms with Crippen molar-refractivity contribution in [2.24, 2.45) is 0 Å². The Morgan fingerprint density at radius 1 is 1.43 bits per heavy atom. The maximum Gasteiger partial charge on any atom is 0.323 e. The number of benzene rings is 1. The summed E-state index contributed by atoms with van der Waals surface area (Å²) in [6.45, 7) is 7.34. The molecule has 0 aromatic heterocycles. The summed E-state index contributed by atoms with van der Waals surface area (Å²) in [5.74, 6) is 0. The fourth-order valence-electron chi connectivity index (χ4n) is 1.12. The fraction of sp³-hybridized carbons (Fsp3) is 0.182. The van der Waals surface area contributed by atoms with Crippen LogP contribution in [0.25, 0.3) is 0 Å². The summed E-state index contributed by atoms with van der Waals surface area (Å²) in [5.41, 5.74) is 2.98. The zero-order valence-electron chi connectivity index (χ0n) is 8.42. The quantitative estimate of drug-likeness (QED) is 0.739. The third-order valence-electron chi connectivity index (χ3n) is 1.87. The predicted octanol–water partition coefficient (Wildman–Crippen LogP) is 2.57. The van der Waals surface area contributed by atoms with Gasteiger partial charge < -0.3 is 10.6 Å². The van der Waals surface area contributed by atoms with Gasteiger partial charge in [0.25, 0.3) is 0 Å². The van der Waals surface area contributed by atoms with Gasteiger partial charge in [0.2, 0.25) is 0 Å². The number of anilines is 1. The number of hydrogen-bond acceptors (Lipinski definition) is 1. The van der Waals surface area contributed by atoms with Crippen LogP contribution in [0, 0.1) is 13.8 Å². The average molecular weight is 190 g/mol. The number of carbonyl (C=O) groups excluding carboxylic acids is 1. The van der Waals surface area contributed by atoms with Gasteiger partial charge in [0.1, 0.15) is 0 Å². The Hall–Kier alpha value is -1.77. The molecular formula is C11H14N2O. The fourth-order valence-corrected chi connectivity index (χ4v) is 1.12. The molecule has 2 N–H and O–H groups in total. The van der Waals surface area contributed by atoms with Crippen LogP contribution in [0.5, 0.6) is 0 Å².